The van der Waals surface area contributed by atoms with Gasteiger partial charge in [0.05, 0.1) is 12.8 Å². The number of carboxylic acid groups (broad SMARTS) is 1. The number of nitrogens with one attached hydrogen (secondary N) is 1. The van der Waals surface area contributed by atoms with Crippen molar-refractivity contribution in [2.45, 2.75) is 13.8 Å². The number of methoxy groups -OCH3 is 1. The second-order valence-electron chi connectivity index (χ2n) is 3.34. The number of aryl methyl sites for hydroxylation is 1. The van der Waals surface area contributed by atoms with Crippen molar-refractivity contribution in [2.75, 3.05) is 19.0 Å². The summed E-state index contributed by atoms with van der Waals surface area (Å²) in [7, 11) is 1.58. The molecule has 0 amide bonds. The minimum atomic E-state index is -0.893. The molecule has 1 rings (SSSR count). The summed E-state index contributed by atoms with van der Waals surface area (Å²) in [5.74, 6) is -0.188. The first kappa shape index (κ1) is 11.4. The van der Waals surface area contributed by atoms with Gasteiger partial charge in [-0.15, -0.1) is 0 Å². The molecular weight excluding hydrogens is 194 g/mol. The Labute approximate surface area is 88.9 Å². The Morgan fingerprint density at radius 2 is 2.13 bits per heavy atom. The van der Waals surface area contributed by atoms with E-state index in [0.29, 0.717) is 11.4 Å². The van der Waals surface area contributed by atoms with Gasteiger partial charge < -0.3 is 15.2 Å². The molecule has 0 aliphatic heterocycles. The molecule has 0 heterocycles. The summed E-state index contributed by atoms with van der Waals surface area (Å²) in [6.45, 7) is 3.82. The fourth-order valence-electron chi connectivity index (χ4n) is 1.36. The van der Waals surface area contributed by atoms with E-state index in [2.05, 4.69) is 5.32 Å². The third-order valence-electron chi connectivity index (χ3n) is 2.31. The minimum absolute atomic E-state index is 0.112. The largest absolute Gasteiger partial charge is 0.494 e. The summed E-state index contributed by atoms with van der Waals surface area (Å²) in [6, 6.07) is 3.76. The van der Waals surface area contributed by atoms with Crippen molar-refractivity contribution < 1.29 is 14.6 Å². The molecule has 4 heteroatoms. The summed E-state index contributed by atoms with van der Waals surface area (Å²) in [6.07, 6.45) is 0. The summed E-state index contributed by atoms with van der Waals surface area (Å²) >= 11 is 0. The van der Waals surface area contributed by atoms with Crippen LogP contribution in [0, 0.1) is 13.8 Å². The Morgan fingerprint density at radius 1 is 1.47 bits per heavy atom. The molecule has 0 radical (unpaired) electrons. The van der Waals surface area contributed by atoms with E-state index >= 15 is 0 Å². The number of carboxylic acids is 1. The normalized spacial score (nSPS) is 9.80. The van der Waals surface area contributed by atoms with Crippen molar-refractivity contribution in [3.8, 4) is 5.75 Å². The quantitative estimate of drug-likeness (QED) is 0.794. The summed E-state index contributed by atoms with van der Waals surface area (Å²) in [5, 5.41) is 11.4. The van der Waals surface area contributed by atoms with Crippen molar-refractivity contribution in [3.05, 3.63) is 23.3 Å². The highest BCUT2D eigenvalue weighted by atomic mass is 16.5. The van der Waals surface area contributed by atoms with Crippen molar-refractivity contribution in [1.29, 1.82) is 0 Å². The number of aliphatic carboxylic acids is 1. The molecule has 0 saturated carbocycles. The van der Waals surface area contributed by atoms with Gasteiger partial charge in [-0.1, -0.05) is 6.07 Å². The fraction of sp³-hybridized carbons (Fsp3) is 0.364. The smallest absolute Gasteiger partial charge is 0.322 e. The Balaban J connectivity index is 2.97. The number of anilines is 1. The van der Waals surface area contributed by atoms with Gasteiger partial charge in [-0.05, 0) is 31.0 Å². The summed E-state index contributed by atoms with van der Waals surface area (Å²) in [4.78, 5) is 10.4. The minimum Gasteiger partial charge on any atom is -0.494 e. The molecule has 0 unspecified atom stereocenters. The van der Waals surface area contributed by atoms with E-state index < -0.39 is 5.97 Å². The third kappa shape index (κ3) is 2.62. The van der Waals surface area contributed by atoms with Crippen LogP contribution < -0.4 is 10.1 Å². The molecule has 0 aromatic heterocycles. The lowest BCUT2D eigenvalue weighted by Gasteiger charge is -2.13. The van der Waals surface area contributed by atoms with Crippen LogP contribution in [0.25, 0.3) is 0 Å². The van der Waals surface area contributed by atoms with Gasteiger partial charge in [0.1, 0.15) is 12.3 Å². The molecule has 0 saturated heterocycles. The molecule has 0 spiro atoms. The Hall–Kier alpha value is -1.71. The molecule has 82 valence electrons. The van der Waals surface area contributed by atoms with E-state index in [4.69, 9.17) is 9.84 Å². The molecule has 2 N–H and O–H groups in total. The number of hydrogen-bond donors (Lipinski definition) is 2. The van der Waals surface area contributed by atoms with E-state index in [1.54, 1.807) is 7.11 Å². The Bertz CT molecular complexity index is 374. The topological polar surface area (TPSA) is 58.6 Å². The highest BCUT2D eigenvalue weighted by molar-refractivity contribution is 5.74. The van der Waals surface area contributed by atoms with Gasteiger partial charge >= 0.3 is 5.97 Å². The maximum atomic E-state index is 10.4. The molecule has 15 heavy (non-hydrogen) atoms. The van der Waals surface area contributed by atoms with Crippen molar-refractivity contribution >= 4 is 11.7 Å². The lowest BCUT2D eigenvalue weighted by atomic mass is 10.1. The van der Waals surface area contributed by atoms with E-state index in [1.807, 2.05) is 26.0 Å². The van der Waals surface area contributed by atoms with Gasteiger partial charge in [-0.2, -0.15) is 0 Å². The van der Waals surface area contributed by atoms with Crippen LogP contribution in [0.5, 0.6) is 5.75 Å². The third-order valence-corrected chi connectivity index (χ3v) is 2.31. The van der Waals surface area contributed by atoms with Gasteiger partial charge in [0.2, 0.25) is 0 Å². The lowest BCUT2D eigenvalue weighted by Crippen LogP contribution is -2.13. The number of rotatable bonds is 4. The zero-order valence-electron chi connectivity index (χ0n) is 9.13. The van der Waals surface area contributed by atoms with E-state index in [1.165, 1.54) is 0 Å². The molecule has 1 aromatic carbocycles. The molecule has 0 fully saturated rings. The maximum absolute atomic E-state index is 10.4. The van der Waals surface area contributed by atoms with Crippen LogP contribution in [-0.2, 0) is 4.79 Å². The zero-order chi connectivity index (χ0) is 11.4. The van der Waals surface area contributed by atoms with Crippen LogP contribution >= 0.6 is 0 Å². The first-order chi connectivity index (χ1) is 7.06. The van der Waals surface area contributed by atoms with Gasteiger partial charge in [0.15, 0.2) is 0 Å². The van der Waals surface area contributed by atoms with Gasteiger partial charge in [0, 0.05) is 0 Å². The van der Waals surface area contributed by atoms with Crippen LogP contribution in [0.3, 0.4) is 0 Å². The lowest BCUT2D eigenvalue weighted by molar-refractivity contribution is -0.134. The maximum Gasteiger partial charge on any atom is 0.322 e. The van der Waals surface area contributed by atoms with Crippen LogP contribution in [0.4, 0.5) is 5.69 Å². The van der Waals surface area contributed by atoms with Gasteiger partial charge in [-0.3, -0.25) is 4.79 Å². The molecule has 0 aliphatic carbocycles. The molecule has 0 atom stereocenters. The monoisotopic (exact) mass is 209 g/mol. The van der Waals surface area contributed by atoms with Crippen LogP contribution in [0.2, 0.25) is 0 Å². The van der Waals surface area contributed by atoms with Crippen molar-refractivity contribution in [1.82, 2.24) is 0 Å². The van der Waals surface area contributed by atoms with Gasteiger partial charge in [-0.25, -0.2) is 0 Å². The average Bonchev–Trinajstić information content (AvgIpc) is 2.19. The van der Waals surface area contributed by atoms with Crippen LogP contribution in [0.1, 0.15) is 11.1 Å². The van der Waals surface area contributed by atoms with Crippen molar-refractivity contribution in [3.63, 3.8) is 0 Å². The predicted molar refractivity (Wildman–Crippen MR) is 58.6 cm³/mol. The Morgan fingerprint density at radius 3 is 2.67 bits per heavy atom. The van der Waals surface area contributed by atoms with Crippen LogP contribution in [-0.4, -0.2) is 24.7 Å². The number of carbonyl (C=O) groups is 1. The Kier molecular flexibility index (Phi) is 3.55. The highest BCUT2D eigenvalue weighted by Crippen LogP contribution is 2.30. The number of benzene rings is 1. The highest BCUT2D eigenvalue weighted by Gasteiger charge is 2.08. The number of hydrogen-bond acceptors (Lipinski definition) is 3. The molecule has 0 bridgehead atoms. The van der Waals surface area contributed by atoms with E-state index in [9.17, 15) is 4.79 Å². The predicted octanol–water partition coefficient (Wildman–Crippen LogP) is 1.81. The molecule has 4 nitrogen and oxygen atoms in total. The van der Waals surface area contributed by atoms with Gasteiger partial charge in [0.25, 0.3) is 0 Å². The second kappa shape index (κ2) is 4.68. The van der Waals surface area contributed by atoms with Crippen molar-refractivity contribution in [2.24, 2.45) is 0 Å². The summed E-state index contributed by atoms with van der Waals surface area (Å²) < 4.78 is 5.23. The van der Waals surface area contributed by atoms with Crippen LogP contribution in [0.15, 0.2) is 12.1 Å². The SMILES string of the molecule is COc1c(NCC(=O)O)ccc(C)c1C. The second-order valence-corrected chi connectivity index (χ2v) is 3.34. The molecular formula is C11H15NO3. The molecule has 1 aromatic rings. The van der Waals surface area contributed by atoms with E-state index in [0.717, 1.165) is 11.1 Å². The summed E-state index contributed by atoms with van der Waals surface area (Å²) in [5.41, 5.74) is 2.85. The zero-order valence-corrected chi connectivity index (χ0v) is 9.13. The fourth-order valence-corrected chi connectivity index (χ4v) is 1.36. The first-order valence-corrected chi connectivity index (χ1v) is 4.66. The standard InChI is InChI=1S/C11H15NO3/c1-7-4-5-9(12-6-10(13)14)11(15-3)8(7)2/h4-5,12H,6H2,1-3H3,(H,13,14). The average molecular weight is 209 g/mol. The molecule has 0 aliphatic rings. The number of ether oxygens (including phenoxy) is 1. The first-order valence-electron chi connectivity index (χ1n) is 4.66. The van der Waals surface area contributed by atoms with E-state index in [-0.39, 0.29) is 6.54 Å².